The van der Waals surface area contributed by atoms with Crippen LogP contribution in [0.15, 0.2) is 51.5 Å². The summed E-state index contributed by atoms with van der Waals surface area (Å²) in [5.74, 6) is -0.752. The number of hydrogen-bond donors (Lipinski definition) is 1. The Labute approximate surface area is 176 Å². The van der Waals surface area contributed by atoms with Gasteiger partial charge in [-0.05, 0) is 42.8 Å². The van der Waals surface area contributed by atoms with E-state index in [1.807, 2.05) is 0 Å². The molecular formula is C21H17N3O7. The van der Waals surface area contributed by atoms with Crippen molar-refractivity contribution in [1.82, 2.24) is 4.90 Å². The molecule has 2 aromatic rings. The van der Waals surface area contributed by atoms with Gasteiger partial charge in [0.25, 0.3) is 17.5 Å². The van der Waals surface area contributed by atoms with Gasteiger partial charge in [-0.1, -0.05) is 0 Å². The maximum atomic E-state index is 12.7. The van der Waals surface area contributed by atoms with Crippen molar-refractivity contribution >= 4 is 23.6 Å². The molecule has 0 saturated heterocycles. The number of methoxy groups -OCH3 is 1. The van der Waals surface area contributed by atoms with Gasteiger partial charge in [-0.3, -0.25) is 24.6 Å². The van der Waals surface area contributed by atoms with Crippen LogP contribution in [0.2, 0.25) is 0 Å². The van der Waals surface area contributed by atoms with Crippen LogP contribution < -0.4 is 4.74 Å². The van der Waals surface area contributed by atoms with Crippen molar-refractivity contribution in [3.05, 3.63) is 62.9 Å². The minimum atomic E-state index is -0.773. The second-order valence-corrected chi connectivity index (χ2v) is 6.50. The molecule has 1 N–H and O–H groups in total. The largest absolute Gasteiger partial charge is 0.497 e. The second-order valence-electron chi connectivity index (χ2n) is 6.50. The van der Waals surface area contributed by atoms with Gasteiger partial charge in [0.1, 0.15) is 28.9 Å². The van der Waals surface area contributed by atoms with Gasteiger partial charge in [0.15, 0.2) is 0 Å². The molecule has 158 valence electrons. The number of nitriles is 1. The number of nitro benzene ring substituents is 1. The topological polar surface area (TPSA) is 147 Å². The van der Waals surface area contributed by atoms with Crippen molar-refractivity contribution in [2.75, 3.05) is 20.3 Å². The lowest BCUT2D eigenvalue weighted by Crippen LogP contribution is -2.44. The second kappa shape index (κ2) is 8.64. The van der Waals surface area contributed by atoms with Gasteiger partial charge >= 0.3 is 0 Å². The van der Waals surface area contributed by atoms with Crippen molar-refractivity contribution in [2.45, 2.75) is 6.92 Å². The van der Waals surface area contributed by atoms with E-state index in [4.69, 9.17) is 14.3 Å². The summed E-state index contributed by atoms with van der Waals surface area (Å²) in [7, 11) is 1.40. The number of furan rings is 1. The van der Waals surface area contributed by atoms with Crippen LogP contribution in [-0.4, -0.2) is 47.0 Å². The molecule has 0 unspecified atom stereocenters. The van der Waals surface area contributed by atoms with Crippen LogP contribution in [0.4, 0.5) is 5.69 Å². The normalized spacial score (nSPS) is 15.4. The zero-order chi connectivity index (χ0) is 22.7. The van der Waals surface area contributed by atoms with E-state index in [9.17, 15) is 25.0 Å². The Hall–Kier alpha value is -4.23. The van der Waals surface area contributed by atoms with Gasteiger partial charge in [-0.25, -0.2) is 0 Å². The van der Waals surface area contributed by atoms with Gasteiger partial charge in [0, 0.05) is 5.57 Å². The number of benzene rings is 1. The summed E-state index contributed by atoms with van der Waals surface area (Å²) in [6, 6.07) is 9.11. The van der Waals surface area contributed by atoms with Crippen molar-refractivity contribution < 1.29 is 28.8 Å². The Bertz CT molecular complexity index is 1180. The molecule has 2 heterocycles. The van der Waals surface area contributed by atoms with Gasteiger partial charge in [-0.15, -0.1) is 0 Å². The van der Waals surface area contributed by atoms with E-state index < -0.39 is 23.3 Å². The molecule has 31 heavy (non-hydrogen) atoms. The zero-order valence-electron chi connectivity index (χ0n) is 16.6. The van der Waals surface area contributed by atoms with Gasteiger partial charge in [0.2, 0.25) is 0 Å². The van der Waals surface area contributed by atoms with Crippen LogP contribution in [0.1, 0.15) is 12.7 Å². The standard InChI is InChI=1S/C21H17N3O7/c1-12-16(20(26)23(7-8-25)21(27)17(12)11-22)9-14-4-6-19(31-14)15-5-3-13(30-2)10-18(15)24(28)29/h3-6,9-10,25H,7-8H2,1-2H3/b16-9+. The van der Waals surface area contributed by atoms with Gasteiger partial charge in [0.05, 0.1) is 36.8 Å². The number of imide groups is 1. The molecule has 2 amide bonds. The van der Waals surface area contributed by atoms with Crippen LogP contribution in [0.3, 0.4) is 0 Å². The number of carbonyl (C=O) groups excluding carboxylic acids is 2. The van der Waals surface area contributed by atoms with E-state index >= 15 is 0 Å². The molecule has 10 nitrogen and oxygen atoms in total. The number of aliphatic hydroxyl groups is 1. The molecule has 10 heteroatoms. The van der Waals surface area contributed by atoms with Crippen LogP contribution in [0.25, 0.3) is 17.4 Å². The summed E-state index contributed by atoms with van der Waals surface area (Å²) in [5.41, 5.74) is 0.0170. The third-order valence-electron chi connectivity index (χ3n) is 4.73. The molecule has 3 rings (SSSR count). The predicted octanol–water partition coefficient (Wildman–Crippen LogP) is 2.45. The van der Waals surface area contributed by atoms with Crippen LogP contribution in [-0.2, 0) is 9.59 Å². The van der Waals surface area contributed by atoms with Crippen molar-refractivity contribution in [3.8, 4) is 23.1 Å². The lowest BCUT2D eigenvalue weighted by atomic mass is 9.95. The summed E-state index contributed by atoms with van der Waals surface area (Å²) in [6.07, 6.45) is 1.35. The zero-order valence-corrected chi connectivity index (χ0v) is 16.6. The minimum absolute atomic E-state index is 0.0507. The van der Waals surface area contributed by atoms with E-state index in [-0.39, 0.29) is 46.0 Å². The molecule has 0 aliphatic carbocycles. The number of aliphatic hydroxyl groups excluding tert-OH is 1. The van der Waals surface area contributed by atoms with E-state index in [0.717, 1.165) is 4.90 Å². The van der Waals surface area contributed by atoms with E-state index in [2.05, 4.69) is 0 Å². The Morgan fingerprint density at radius 1 is 1.29 bits per heavy atom. The Kier molecular flexibility index (Phi) is 5.99. The maximum absolute atomic E-state index is 12.7. The summed E-state index contributed by atoms with van der Waals surface area (Å²) in [4.78, 5) is 36.7. The van der Waals surface area contributed by atoms with Crippen LogP contribution in [0, 0.1) is 21.4 Å². The smallest absolute Gasteiger partial charge is 0.284 e. The third kappa shape index (κ3) is 3.94. The lowest BCUT2D eigenvalue weighted by molar-refractivity contribution is -0.384. The third-order valence-corrected chi connectivity index (χ3v) is 4.73. The first kappa shape index (κ1) is 21.5. The summed E-state index contributed by atoms with van der Waals surface area (Å²) >= 11 is 0. The molecular weight excluding hydrogens is 406 g/mol. The lowest BCUT2D eigenvalue weighted by Gasteiger charge is -2.26. The molecule has 1 aromatic heterocycles. The van der Waals surface area contributed by atoms with Crippen LogP contribution in [0.5, 0.6) is 5.75 Å². The SMILES string of the molecule is COc1ccc(-c2ccc(/C=C3/C(=O)N(CCO)C(=O)C(C#N)=C3C)o2)c([N+](=O)[O-])c1. The molecule has 0 fully saturated rings. The number of carbonyl (C=O) groups is 2. The average molecular weight is 423 g/mol. The highest BCUT2D eigenvalue weighted by atomic mass is 16.6. The molecule has 0 atom stereocenters. The molecule has 0 saturated carbocycles. The summed E-state index contributed by atoms with van der Waals surface area (Å²) in [5, 5.41) is 29.9. The number of hydrogen-bond acceptors (Lipinski definition) is 8. The molecule has 0 radical (unpaired) electrons. The number of rotatable bonds is 6. The number of β-amino-alcohol motifs (C(OH)–C–C–N with tert-alkyl or cyclic N) is 1. The number of nitrogens with zero attached hydrogens (tertiary/aromatic N) is 3. The fourth-order valence-electron chi connectivity index (χ4n) is 3.15. The fourth-order valence-corrected chi connectivity index (χ4v) is 3.15. The average Bonchev–Trinajstić information content (AvgIpc) is 3.22. The monoisotopic (exact) mass is 423 g/mol. The maximum Gasteiger partial charge on any atom is 0.284 e. The first-order chi connectivity index (χ1) is 14.8. The fraction of sp³-hybridized carbons (Fsp3) is 0.190. The minimum Gasteiger partial charge on any atom is -0.497 e. The highest BCUT2D eigenvalue weighted by Gasteiger charge is 2.35. The summed E-state index contributed by atoms with van der Waals surface area (Å²) in [6.45, 7) is 0.762. The van der Waals surface area contributed by atoms with E-state index in [0.29, 0.717) is 5.75 Å². The number of ether oxygens (including phenoxy) is 1. The quantitative estimate of drug-likeness (QED) is 0.322. The highest BCUT2D eigenvalue weighted by molar-refractivity contribution is 6.19. The van der Waals surface area contributed by atoms with Crippen LogP contribution >= 0.6 is 0 Å². The van der Waals surface area contributed by atoms with Gasteiger partial charge < -0.3 is 14.3 Å². The van der Waals surface area contributed by atoms with Gasteiger partial charge in [-0.2, -0.15) is 5.26 Å². The summed E-state index contributed by atoms with van der Waals surface area (Å²) < 4.78 is 10.7. The predicted molar refractivity (Wildman–Crippen MR) is 107 cm³/mol. The van der Waals surface area contributed by atoms with E-state index in [1.54, 1.807) is 12.1 Å². The molecule has 0 bridgehead atoms. The molecule has 1 aliphatic rings. The van der Waals surface area contributed by atoms with Crippen molar-refractivity contribution in [1.29, 1.82) is 5.26 Å². The first-order valence-corrected chi connectivity index (χ1v) is 9.05. The van der Waals surface area contributed by atoms with E-state index in [1.165, 1.54) is 44.4 Å². The number of nitro groups is 1. The number of amides is 2. The molecule has 1 aliphatic heterocycles. The molecule has 1 aromatic carbocycles. The highest BCUT2D eigenvalue weighted by Crippen LogP contribution is 2.35. The molecule has 0 spiro atoms. The Morgan fingerprint density at radius 2 is 2.03 bits per heavy atom. The van der Waals surface area contributed by atoms with Crippen molar-refractivity contribution in [3.63, 3.8) is 0 Å². The van der Waals surface area contributed by atoms with Crippen molar-refractivity contribution in [2.24, 2.45) is 0 Å². The first-order valence-electron chi connectivity index (χ1n) is 9.05. The Morgan fingerprint density at radius 3 is 2.65 bits per heavy atom. The Balaban J connectivity index is 2.06.